The lowest BCUT2D eigenvalue weighted by atomic mass is 9.45. The van der Waals surface area contributed by atoms with Gasteiger partial charge in [0, 0.05) is 47.8 Å². The van der Waals surface area contributed by atoms with Crippen LogP contribution in [-0.4, -0.2) is 96.7 Å². The minimum Gasteiger partial charge on any atom is -0.496 e. The molecule has 0 radical (unpaired) electrons. The number of nitrogens with two attached hydrogens (primary N) is 1. The number of aliphatic hydroxyl groups excluding tert-OH is 2. The van der Waals surface area contributed by atoms with Gasteiger partial charge in [-0.05, 0) is 98.3 Å². The number of nitrogens with one attached hydrogen (secondary N) is 2. The highest BCUT2D eigenvalue weighted by atomic mass is 16.7. The Labute approximate surface area is 326 Å². The van der Waals surface area contributed by atoms with Crippen molar-refractivity contribution in [2.75, 3.05) is 34.4 Å². The number of methoxy groups -OCH3 is 1. The number of ether oxygens (including phenoxy) is 1. The fraction of sp³-hybridized carbons (Fsp3) is 0.545. The normalized spacial score (nSPS) is 26.9. The van der Waals surface area contributed by atoms with E-state index in [1.165, 1.54) is 6.42 Å². The molecule has 3 aromatic rings. The molecular weight excluding hydrogens is 695 g/mol. The van der Waals surface area contributed by atoms with Gasteiger partial charge in [-0.1, -0.05) is 69.3 Å². The third-order valence-electron chi connectivity index (χ3n) is 12.7. The largest absolute Gasteiger partial charge is 0.496 e. The zero-order chi connectivity index (χ0) is 39.6. The summed E-state index contributed by atoms with van der Waals surface area (Å²) in [5, 5.41) is 29.5. The van der Waals surface area contributed by atoms with Crippen LogP contribution >= 0.6 is 0 Å². The van der Waals surface area contributed by atoms with Gasteiger partial charge in [0.05, 0.1) is 26.4 Å². The highest BCUT2D eigenvalue weighted by Crippen LogP contribution is 2.61. The number of fused-ring (bicyclic) bond motifs is 2. The van der Waals surface area contributed by atoms with Gasteiger partial charge in [-0.25, -0.2) is 0 Å². The van der Waals surface area contributed by atoms with Crippen LogP contribution in [0.5, 0.6) is 5.75 Å². The van der Waals surface area contributed by atoms with Crippen LogP contribution in [0.3, 0.4) is 0 Å². The molecule has 1 aliphatic heterocycles. The maximum Gasteiger partial charge on any atom is 0.251 e. The Kier molecular flexibility index (Phi) is 12.7. The summed E-state index contributed by atoms with van der Waals surface area (Å²) in [4.78, 5) is 36.5. The number of rotatable bonds is 15. The summed E-state index contributed by atoms with van der Waals surface area (Å²) < 4.78 is 6.07. The number of hydrogen-bond acceptors (Lipinski definition) is 9. The second-order valence-electron chi connectivity index (χ2n) is 17.0. The number of carbonyl (C=O) groups excluding carboxylic acids is 2. The van der Waals surface area contributed by atoms with Crippen molar-refractivity contribution in [2.45, 2.75) is 90.4 Å². The number of nitrogens with zero attached hydrogens (tertiary/aromatic N) is 2. The zero-order valence-electron chi connectivity index (χ0n) is 33.5. The number of aliphatic hydroxyl groups is 2. The molecule has 0 aromatic heterocycles. The average molecular weight is 756 g/mol. The first-order valence-electron chi connectivity index (χ1n) is 19.8. The van der Waals surface area contributed by atoms with E-state index in [9.17, 15) is 19.8 Å². The first-order chi connectivity index (χ1) is 26.2. The molecule has 2 amide bonds. The average Bonchev–Trinajstić information content (AvgIpc) is 3.53. The minimum atomic E-state index is -0.907. The van der Waals surface area contributed by atoms with Crippen molar-refractivity contribution < 1.29 is 29.4 Å². The van der Waals surface area contributed by atoms with Gasteiger partial charge in [0.25, 0.3) is 5.91 Å². The van der Waals surface area contributed by atoms with Crippen molar-refractivity contribution in [1.82, 2.24) is 20.6 Å². The number of amides is 2. The van der Waals surface area contributed by atoms with Gasteiger partial charge < -0.3 is 36.2 Å². The molecule has 6 N–H and O–H groups in total. The van der Waals surface area contributed by atoms with Crippen molar-refractivity contribution >= 4 is 11.8 Å². The zero-order valence-corrected chi connectivity index (χ0v) is 33.5. The Morgan fingerprint density at radius 2 is 1.82 bits per heavy atom. The molecule has 7 rings (SSSR count). The highest BCUT2D eigenvalue weighted by Gasteiger charge is 2.57. The van der Waals surface area contributed by atoms with E-state index >= 15 is 0 Å². The SMILES string of the molecule is COc1c(CN2O[C@@H](CO)[C@@H]([C@H](C)O)[C@H]2C(=O)N[C@H]2C[C@@H]3C[C@@H]([C@@H]2C)C3(C)C)cccc1-c1cc(CN)cc(C(=O)N[C@@H](Cc2ccccc2)CN(C)C)c1. The standard InChI is InChI=1S/C44H61N5O6/c1-26-36-20-33(44(36,3)4)21-37(26)47-43(53)40-39(27(2)51)38(25-50)55-49(40)23-30-14-11-15-35(41(30)54-7)31-16-29(22-45)17-32(19-31)42(52)46-34(24-48(5)6)18-28-12-9-8-10-13-28/h8-17,19,26-27,33-34,36-40,50-51H,18,20-25,45H2,1-7H3,(H,46,52)(H,47,53)/t26-,27-,33-,34-,36-,37-,38-,39+,40-/m0/s1. The maximum atomic E-state index is 14.3. The summed E-state index contributed by atoms with van der Waals surface area (Å²) in [6.45, 7) is 9.26. The second kappa shape index (κ2) is 17.1. The third kappa shape index (κ3) is 8.62. The number of hydroxylamine groups is 2. The second-order valence-corrected chi connectivity index (χ2v) is 17.0. The van der Waals surface area contributed by atoms with E-state index in [-0.39, 0.29) is 49.0 Å². The van der Waals surface area contributed by atoms with Crippen LogP contribution in [0.2, 0.25) is 0 Å². The fourth-order valence-corrected chi connectivity index (χ4v) is 9.70. The predicted octanol–water partition coefficient (Wildman–Crippen LogP) is 4.38. The first-order valence-corrected chi connectivity index (χ1v) is 19.8. The summed E-state index contributed by atoms with van der Waals surface area (Å²) in [7, 11) is 5.58. The van der Waals surface area contributed by atoms with Crippen LogP contribution in [0.4, 0.5) is 0 Å². The molecule has 11 nitrogen and oxygen atoms in total. The van der Waals surface area contributed by atoms with Gasteiger partial charge in [-0.2, -0.15) is 5.06 Å². The molecule has 0 unspecified atom stereocenters. The molecule has 4 aliphatic rings. The number of carbonyl (C=O) groups is 2. The summed E-state index contributed by atoms with van der Waals surface area (Å²) in [6, 6.07) is 20.6. The minimum absolute atomic E-state index is 0.0320. The monoisotopic (exact) mass is 755 g/mol. The van der Waals surface area contributed by atoms with Crippen LogP contribution in [-0.2, 0) is 29.1 Å². The molecule has 2 bridgehead atoms. The number of para-hydroxylation sites is 1. The molecule has 3 aliphatic carbocycles. The smallest absolute Gasteiger partial charge is 0.251 e. The number of hydrogen-bond donors (Lipinski definition) is 5. The lowest BCUT2D eigenvalue weighted by molar-refractivity contribution is -0.183. The molecule has 9 atom stereocenters. The lowest BCUT2D eigenvalue weighted by Crippen LogP contribution is -2.62. The summed E-state index contributed by atoms with van der Waals surface area (Å²) >= 11 is 0. The molecule has 4 fully saturated rings. The van der Waals surface area contributed by atoms with Gasteiger partial charge in [0.15, 0.2) is 0 Å². The summed E-state index contributed by atoms with van der Waals surface area (Å²) in [5.74, 6) is 0.955. The van der Waals surface area contributed by atoms with Gasteiger partial charge in [0.1, 0.15) is 17.9 Å². The van der Waals surface area contributed by atoms with Crippen molar-refractivity contribution in [3.05, 3.63) is 89.0 Å². The van der Waals surface area contributed by atoms with Crippen molar-refractivity contribution in [3.8, 4) is 16.9 Å². The Hall–Kier alpha value is -3.84. The molecule has 55 heavy (non-hydrogen) atoms. The number of likely N-dealkylation sites (N-methyl/N-ethyl adjacent to an activating group) is 1. The molecule has 1 heterocycles. The molecule has 298 valence electrons. The highest BCUT2D eigenvalue weighted by molar-refractivity contribution is 5.96. The quantitative estimate of drug-likeness (QED) is 0.152. The Balaban J connectivity index is 1.26. The van der Waals surface area contributed by atoms with Gasteiger partial charge >= 0.3 is 0 Å². The number of benzene rings is 3. The molecular formula is C44H61N5O6. The van der Waals surface area contributed by atoms with E-state index in [1.807, 2.05) is 68.7 Å². The maximum absolute atomic E-state index is 14.3. The Morgan fingerprint density at radius 1 is 1.07 bits per heavy atom. The van der Waals surface area contributed by atoms with E-state index in [1.54, 1.807) is 19.1 Å². The first kappa shape index (κ1) is 40.8. The summed E-state index contributed by atoms with van der Waals surface area (Å²) in [6.07, 6.45) is 1.14. The lowest BCUT2D eigenvalue weighted by Gasteiger charge is -2.62. The molecule has 11 heteroatoms. The Bertz CT molecular complexity index is 1800. The van der Waals surface area contributed by atoms with Crippen LogP contribution < -0.4 is 21.1 Å². The Morgan fingerprint density at radius 3 is 2.44 bits per heavy atom. The topological polar surface area (TPSA) is 150 Å². The van der Waals surface area contributed by atoms with Gasteiger partial charge in [-0.15, -0.1) is 0 Å². The molecule has 3 aromatic carbocycles. The van der Waals surface area contributed by atoms with E-state index in [2.05, 4.69) is 48.4 Å². The summed E-state index contributed by atoms with van der Waals surface area (Å²) in [5.41, 5.74) is 11.1. The predicted molar refractivity (Wildman–Crippen MR) is 214 cm³/mol. The van der Waals surface area contributed by atoms with Gasteiger partial charge in [0.2, 0.25) is 5.91 Å². The van der Waals surface area contributed by atoms with E-state index < -0.39 is 24.2 Å². The molecule has 0 spiro atoms. The van der Waals surface area contributed by atoms with Crippen LogP contribution in [0.25, 0.3) is 11.1 Å². The van der Waals surface area contributed by atoms with Crippen molar-refractivity contribution in [3.63, 3.8) is 0 Å². The molecule has 3 saturated carbocycles. The van der Waals surface area contributed by atoms with Gasteiger partial charge in [-0.3, -0.25) is 14.4 Å². The van der Waals surface area contributed by atoms with Crippen LogP contribution in [0.1, 0.15) is 67.6 Å². The van der Waals surface area contributed by atoms with E-state index in [4.69, 9.17) is 15.3 Å². The molecule has 1 saturated heterocycles. The van der Waals surface area contributed by atoms with Crippen LogP contribution in [0, 0.1) is 29.1 Å². The van der Waals surface area contributed by atoms with Crippen molar-refractivity contribution in [1.29, 1.82) is 0 Å². The van der Waals surface area contributed by atoms with Crippen LogP contribution in [0.15, 0.2) is 66.7 Å². The third-order valence-corrected chi connectivity index (χ3v) is 12.7. The van der Waals surface area contributed by atoms with E-state index in [0.717, 1.165) is 34.2 Å². The van der Waals surface area contributed by atoms with E-state index in [0.29, 0.717) is 42.0 Å². The van der Waals surface area contributed by atoms with Crippen molar-refractivity contribution in [2.24, 2.45) is 34.8 Å². The fourth-order valence-electron chi connectivity index (χ4n) is 9.70.